The van der Waals surface area contributed by atoms with E-state index in [1.807, 2.05) is 6.92 Å². The Kier molecular flexibility index (Phi) is 4.15. The third-order valence-electron chi connectivity index (χ3n) is 2.85. The highest BCUT2D eigenvalue weighted by Crippen LogP contribution is 2.08. The van der Waals surface area contributed by atoms with E-state index in [1.165, 1.54) is 5.69 Å². The second-order valence-corrected chi connectivity index (χ2v) is 4.95. The van der Waals surface area contributed by atoms with Gasteiger partial charge in [-0.25, -0.2) is 4.63 Å². The van der Waals surface area contributed by atoms with E-state index in [0.717, 1.165) is 24.5 Å². The average molecular weight is 248 g/mol. The van der Waals surface area contributed by atoms with Crippen molar-refractivity contribution in [2.75, 3.05) is 6.54 Å². The van der Waals surface area contributed by atoms with Gasteiger partial charge in [0, 0.05) is 18.4 Å². The lowest BCUT2D eigenvalue weighted by Crippen LogP contribution is -2.21. The summed E-state index contributed by atoms with van der Waals surface area (Å²) in [6.45, 7) is 8.92. The van der Waals surface area contributed by atoms with Crippen LogP contribution in [0.3, 0.4) is 0 Å². The van der Waals surface area contributed by atoms with Gasteiger partial charge in [-0.2, -0.15) is 0 Å². The van der Waals surface area contributed by atoms with Gasteiger partial charge in [0.05, 0.1) is 6.54 Å². The zero-order valence-electron chi connectivity index (χ0n) is 11.2. The number of nitrogens with zero attached hydrogens (tertiary/aromatic N) is 3. The molecule has 18 heavy (non-hydrogen) atoms. The van der Waals surface area contributed by atoms with E-state index in [4.69, 9.17) is 4.63 Å². The fourth-order valence-electron chi connectivity index (χ4n) is 1.81. The van der Waals surface area contributed by atoms with Crippen LogP contribution in [0.15, 0.2) is 23.0 Å². The highest BCUT2D eigenvalue weighted by atomic mass is 16.6. The molecule has 1 N–H and O–H groups in total. The van der Waals surface area contributed by atoms with Gasteiger partial charge < -0.3 is 9.88 Å². The van der Waals surface area contributed by atoms with E-state index in [-0.39, 0.29) is 0 Å². The molecule has 0 atom stereocenters. The quantitative estimate of drug-likeness (QED) is 0.849. The Bertz CT molecular complexity index is 487. The number of rotatable bonds is 6. The van der Waals surface area contributed by atoms with E-state index in [9.17, 15) is 0 Å². The van der Waals surface area contributed by atoms with Gasteiger partial charge in [0.1, 0.15) is 11.4 Å². The number of aromatic nitrogens is 3. The molecule has 0 saturated heterocycles. The summed E-state index contributed by atoms with van der Waals surface area (Å²) in [5.74, 6) is 0.662. The molecule has 0 spiro atoms. The summed E-state index contributed by atoms with van der Waals surface area (Å²) in [5, 5.41) is 11.2. The van der Waals surface area contributed by atoms with Crippen molar-refractivity contribution in [1.82, 2.24) is 20.2 Å². The Morgan fingerprint density at radius 1 is 1.39 bits per heavy atom. The lowest BCUT2D eigenvalue weighted by molar-refractivity contribution is 0.300. The molecule has 0 fully saturated rings. The summed E-state index contributed by atoms with van der Waals surface area (Å²) >= 11 is 0. The van der Waals surface area contributed by atoms with Crippen LogP contribution >= 0.6 is 0 Å². The first-order chi connectivity index (χ1) is 8.66. The minimum Gasteiger partial charge on any atom is -0.344 e. The molecule has 0 unspecified atom stereocenters. The fourth-order valence-corrected chi connectivity index (χ4v) is 1.81. The van der Waals surface area contributed by atoms with Crippen molar-refractivity contribution in [3.05, 3.63) is 35.4 Å². The molecule has 0 aliphatic carbocycles. The molecule has 0 aromatic carbocycles. The molecule has 0 amide bonds. The number of hydrogen-bond acceptors (Lipinski definition) is 4. The number of nitrogens with one attached hydrogen (secondary N) is 1. The maximum absolute atomic E-state index is 4.72. The standard InChI is InChI=1S/C13H20N4O/c1-10(2)7-14-8-12-5-4-6-17(12)9-13-11(3)15-18-16-13/h4-6,10,14H,7-9H2,1-3H3. The van der Waals surface area contributed by atoms with Crippen LogP contribution in [0.4, 0.5) is 0 Å². The third-order valence-corrected chi connectivity index (χ3v) is 2.85. The molecule has 0 aliphatic rings. The van der Waals surface area contributed by atoms with Crippen LogP contribution in [0.1, 0.15) is 30.9 Å². The normalized spacial score (nSPS) is 11.3. The fraction of sp³-hybridized carbons (Fsp3) is 0.538. The minimum atomic E-state index is 0.662. The van der Waals surface area contributed by atoms with E-state index in [2.05, 4.69) is 52.4 Å². The highest BCUT2D eigenvalue weighted by molar-refractivity contribution is 5.12. The van der Waals surface area contributed by atoms with Crippen LogP contribution < -0.4 is 5.32 Å². The van der Waals surface area contributed by atoms with Gasteiger partial charge in [0.2, 0.25) is 0 Å². The molecule has 5 nitrogen and oxygen atoms in total. The van der Waals surface area contributed by atoms with Gasteiger partial charge >= 0.3 is 0 Å². The van der Waals surface area contributed by atoms with Gasteiger partial charge in [-0.1, -0.05) is 24.2 Å². The number of aryl methyl sites for hydroxylation is 1. The molecule has 98 valence electrons. The van der Waals surface area contributed by atoms with Crippen LogP contribution in [0.2, 0.25) is 0 Å². The monoisotopic (exact) mass is 248 g/mol. The summed E-state index contributed by atoms with van der Waals surface area (Å²) in [6.07, 6.45) is 2.06. The van der Waals surface area contributed by atoms with Crippen LogP contribution in [-0.4, -0.2) is 21.4 Å². The third kappa shape index (κ3) is 3.20. The molecule has 2 heterocycles. The summed E-state index contributed by atoms with van der Waals surface area (Å²) < 4.78 is 6.88. The van der Waals surface area contributed by atoms with Crippen LogP contribution in [0.5, 0.6) is 0 Å². The lowest BCUT2D eigenvalue weighted by atomic mass is 10.2. The molecule has 0 radical (unpaired) electrons. The molecule has 0 aliphatic heterocycles. The molecule has 2 aromatic heterocycles. The second kappa shape index (κ2) is 5.82. The first kappa shape index (κ1) is 12.8. The van der Waals surface area contributed by atoms with Crippen molar-refractivity contribution in [1.29, 1.82) is 0 Å². The Morgan fingerprint density at radius 2 is 2.22 bits per heavy atom. The van der Waals surface area contributed by atoms with Crippen molar-refractivity contribution in [3.63, 3.8) is 0 Å². The zero-order chi connectivity index (χ0) is 13.0. The Labute approximate surface area is 107 Å². The summed E-state index contributed by atoms with van der Waals surface area (Å²) in [4.78, 5) is 0. The predicted molar refractivity (Wildman–Crippen MR) is 69.1 cm³/mol. The molecule has 2 rings (SSSR count). The summed E-state index contributed by atoms with van der Waals surface area (Å²) in [7, 11) is 0. The van der Waals surface area contributed by atoms with Crippen molar-refractivity contribution < 1.29 is 4.63 Å². The predicted octanol–water partition coefficient (Wildman–Crippen LogP) is 1.97. The summed E-state index contributed by atoms with van der Waals surface area (Å²) in [5.41, 5.74) is 2.99. The van der Waals surface area contributed by atoms with Crippen molar-refractivity contribution in [2.24, 2.45) is 5.92 Å². The Balaban J connectivity index is 1.97. The summed E-state index contributed by atoms with van der Waals surface area (Å²) in [6, 6.07) is 4.17. The molecule has 2 aromatic rings. The molecular formula is C13H20N4O. The second-order valence-electron chi connectivity index (χ2n) is 4.95. The van der Waals surface area contributed by atoms with Gasteiger partial charge in [0.15, 0.2) is 0 Å². The van der Waals surface area contributed by atoms with Crippen LogP contribution in [-0.2, 0) is 13.1 Å². The molecular weight excluding hydrogens is 228 g/mol. The van der Waals surface area contributed by atoms with E-state index in [0.29, 0.717) is 12.5 Å². The molecule has 0 saturated carbocycles. The maximum atomic E-state index is 4.72. The van der Waals surface area contributed by atoms with E-state index in [1.54, 1.807) is 0 Å². The largest absolute Gasteiger partial charge is 0.344 e. The molecule has 5 heteroatoms. The van der Waals surface area contributed by atoms with Gasteiger partial charge in [-0.05, 0) is 31.5 Å². The Morgan fingerprint density at radius 3 is 2.89 bits per heavy atom. The molecule has 0 bridgehead atoms. The minimum absolute atomic E-state index is 0.662. The maximum Gasteiger partial charge on any atom is 0.127 e. The van der Waals surface area contributed by atoms with Crippen LogP contribution in [0, 0.1) is 12.8 Å². The highest BCUT2D eigenvalue weighted by Gasteiger charge is 2.08. The lowest BCUT2D eigenvalue weighted by Gasteiger charge is -2.10. The Hall–Kier alpha value is -1.62. The smallest absolute Gasteiger partial charge is 0.127 e. The zero-order valence-corrected chi connectivity index (χ0v) is 11.2. The SMILES string of the molecule is Cc1nonc1Cn1cccc1CNCC(C)C. The average Bonchev–Trinajstić information content (AvgIpc) is 2.90. The van der Waals surface area contributed by atoms with Gasteiger partial charge in [-0.3, -0.25) is 0 Å². The van der Waals surface area contributed by atoms with Crippen LogP contribution in [0.25, 0.3) is 0 Å². The van der Waals surface area contributed by atoms with E-state index < -0.39 is 0 Å². The van der Waals surface area contributed by atoms with Gasteiger partial charge in [-0.15, -0.1) is 0 Å². The number of hydrogen-bond donors (Lipinski definition) is 1. The van der Waals surface area contributed by atoms with E-state index >= 15 is 0 Å². The van der Waals surface area contributed by atoms with Gasteiger partial charge in [0.25, 0.3) is 0 Å². The first-order valence-corrected chi connectivity index (χ1v) is 6.29. The van der Waals surface area contributed by atoms with Crippen molar-refractivity contribution in [3.8, 4) is 0 Å². The first-order valence-electron chi connectivity index (χ1n) is 6.29. The van der Waals surface area contributed by atoms with Crippen molar-refractivity contribution >= 4 is 0 Å². The topological polar surface area (TPSA) is 55.9 Å². The van der Waals surface area contributed by atoms with Crippen molar-refractivity contribution in [2.45, 2.75) is 33.9 Å².